The van der Waals surface area contributed by atoms with Crippen LogP contribution in [0, 0.1) is 0 Å². The van der Waals surface area contributed by atoms with Crippen molar-refractivity contribution >= 4 is 33.4 Å². The van der Waals surface area contributed by atoms with Gasteiger partial charge in [0.15, 0.2) is 11.6 Å². The molecule has 144 valence electrons. The van der Waals surface area contributed by atoms with Crippen molar-refractivity contribution in [1.29, 1.82) is 0 Å². The number of aromatic nitrogens is 1. The summed E-state index contributed by atoms with van der Waals surface area (Å²) >= 11 is 0. The van der Waals surface area contributed by atoms with Gasteiger partial charge < -0.3 is 9.47 Å². The monoisotopic (exact) mass is 374 g/mol. The van der Waals surface area contributed by atoms with Crippen molar-refractivity contribution in [2.75, 3.05) is 13.6 Å². The SMILES string of the molecule is CC(=O)c1ccc2c(c1)c1c3c(ccc1n2CC[C@@H]1CCCN1C)C(=O)CC3. The number of Topliss-reactive ketones (excluding diaryl/α,β-unsaturated/α-hetero) is 2. The maximum atomic E-state index is 12.3. The summed E-state index contributed by atoms with van der Waals surface area (Å²) in [5.41, 5.74) is 5.16. The lowest BCUT2D eigenvalue weighted by Crippen LogP contribution is -2.26. The first-order chi connectivity index (χ1) is 13.5. The van der Waals surface area contributed by atoms with Crippen LogP contribution in [0.3, 0.4) is 0 Å². The van der Waals surface area contributed by atoms with E-state index in [1.54, 1.807) is 6.92 Å². The highest BCUT2D eigenvalue weighted by atomic mass is 16.1. The van der Waals surface area contributed by atoms with Gasteiger partial charge in [0.25, 0.3) is 0 Å². The van der Waals surface area contributed by atoms with Crippen molar-refractivity contribution in [2.24, 2.45) is 0 Å². The van der Waals surface area contributed by atoms with E-state index in [2.05, 4.69) is 28.6 Å². The van der Waals surface area contributed by atoms with E-state index in [-0.39, 0.29) is 11.6 Å². The molecule has 1 atom stereocenters. The lowest BCUT2D eigenvalue weighted by Gasteiger charge is -2.20. The standard InChI is InChI=1S/C24H26N2O2/c1-15(27)16-5-8-21-20(14-16)24-19-7-10-23(28)18(19)6-9-22(24)26(21)13-11-17-4-3-12-25(17)2/h5-6,8-9,14,17H,3-4,7,10-13H2,1-2H3/t17-/m0/s1. The maximum absolute atomic E-state index is 12.3. The van der Waals surface area contributed by atoms with Crippen molar-refractivity contribution in [3.63, 3.8) is 0 Å². The van der Waals surface area contributed by atoms with E-state index in [1.807, 2.05) is 18.2 Å². The van der Waals surface area contributed by atoms with E-state index in [1.165, 1.54) is 41.4 Å². The average molecular weight is 374 g/mol. The average Bonchev–Trinajstić information content (AvgIpc) is 3.35. The number of rotatable bonds is 4. The van der Waals surface area contributed by atoms with Gasteiger partial charge in [0.05, 0.1) is 0 Å². The van der Waals surface area contributed by atoms with Gasteiger partial charge in [0.1, 0.15) is 0 Å². The molecular weight excluding hydrogens is 348 g/mol. The Balaban J connectivity index is 1.70. The highest BCUT2D eigenvalue weighted by Crippen LogP contribution is 2.38. The molecule has 2 aliphatic rings. The lowest BCUT2D eigenvalue weighted by molar-refractivity contribution is 0.0991. The van der Waals surface area contributed by atoms with Gasteiger partial charge in [-0.2, -0.15) is 0 Å². The molecular formula is C24H26N2O2. The van der Waals surface area contributed by atoms with E-state index in [4.69, 9.17) is 0 Å². The number of ketones is 2. The predicted octanol–water partition coefficient (Wildman–Crippen LogP) is 4.61. The fraction of sp³-hybridized carbons (Fsp3) is 0.417. The van der Waals surface area contributed by atoms with Gasteiger partial charge in [0.2, 0.25) is 0 Å². The summed E-state index contributed by atoms with van der Waals surface area (Å²) in [5.74, 6) is 0.326. The Labute approximate surface area is 165 Å². The van der Waals surface area contributed by atoms with Crippen LogP contribution in [0.5, 0.6) is 0 Å². The molecule has 0 bridgehead atoms. The number of hydrogen-bond acceptors (Lipinski definition) is 3. The van der Waals surface area contributed by atoms with Gasteiger partial charge >= 0.3 is 0 Å². The topological polar surface area (TPSA) is 42.3 Å². The van der Waals surface area contributed by atoms with Gasteiger partial charge in [-0.1, -0.05) is 0 Å². The molecule has 2 heterocycles. The Morgan fingerprint density at radius 3 is 2.71 bits per heavy atom. The first-order valence-electron chi connectivity index (χ1n) is 10.4. The van der Waals surface area contributed by atoms with E-state index in [0.29, 0.717) is 12.5 Å². The van der Waals surface area contributed by atoms with Crippen LogP contribution in [0.25, 0.3) is 21.8 Å². The Hall–Kier alpha value is -2.46. The van der Waals surface area contributed by atoms with Crippen LogP contribution in [0.15, 0.2) is 30.3 Å². The van der Waals surface area contributed by atoms with Crippen molar-refractivity contribution in [1.82, 2.24) is 9.47 Å². The maximum Gasteiger partial charge on any atom is 0.163 e. The zero-order valence-electron chi connectivity index (χ0n) is 16.6. The Kier molecular flexibility index (Phi) is 4.13. The molecule has 4 nitrogen and oxygen atoms in total. The number of fused-ring (bicyclic) bond motifs is 5. The van der Waals surface area contributed by atoms with E-state index in [0.717, 1.165) is 35.9 Å². The third-order valence-corrected chi connectivity index (χ3v) is 6.80. The van der Waals surface area contributed by atoms with Gasteiger partial charge in [-0.05, 0) is 82.1 Å². The first kappa shape index (κ1) is 17.6. The third-order valence-electron chi connectivity index (χ3n) is 6.80. The molecule has 1 aromatic heterocycles. The van der Waals surface area contributed by atoms with Gasteiger partial charge in [-0.15, -0.1) is 0 Å². The molecule has 2 aromatic carbocycles. The molecule has 3 aromatic rings. The second-order valence-electron chi connectivity index (χ2n) is 8.41. The number of hydrogen-bond donors (Lipinski definition) is 0. The van der Waals surface area contributed by atoms with Crippen LogP contribution in [-0.4, -0.2) is 40.7 Å². The molecule has 0 unspecified atom stereocenters. The second-order valence-corrected chi connectivity index (χ2v) is 8.41. The molecule has 0 spiro atoms. The van der Waals surface area contributed by atoms with Crippen molar-refractivity contribution in [3.05, 3.63) is 47.0 Å². The van der Waals surface area contributed by atoms with E-state index in [9.17, 15) is 9.59 Å². The minimum Gasteiger partial charge on any atom is -0.340 e. The molecule has 5 rings (SSSR count). The van der Waals surface area contributed by atoms with Crippen molar-refractivity contribution < 1.29 is 9.59 Å². The first-order valence-corrected chi connectivity index (χ1v) is 10.4. The van der Waals surface area contributed by atoms with Crippen LogP contribution < -0.4 is 0 Å². The molecule has 4 heteroatoms. The highest BCUT2D eigenvalue weighted by Gasteiger charge is 2.26. The Morgan fingerprint density at radius 2 is 1.96 bits per heavy atom. The van der Waals surface area contributed by atoms with Crippen LogP contribution in [0.4, 0.5) is 0 Å². The van der Waals surface area contributed by atoms with Crippen LogP contribution in [0.1, 0.15) is 58.9 Å². The molecule has 0 N–H and O–H groups in total. The summed E-state index contributed by atoms with van der Waals surface area (Å²) in [6, 6.07) is 10.8. The third kappa shape index (κ3) is 2.62. The van der Waals surface area contributed by atoms with E-state index < -0.39 is 0 Å². The predicted molar refractivity (Wildman–Crippen MR) is 112 cm³/mol. The number of aryl methyl sites for hydroxylation is 2. The molecule has 1 fully saturated rings. The lowest BCUT2D eigenvalue weighted by atomic mass is 10.0. The normalized spacial score (nSPS) is 19.8. The zero-order valence-corrected chi connectivity index (χ0v) is 16.6. The van der Waals surface area contributed by atoms with Gasteiger partial charge in [0, 0.05) is 51.9 Å². The van der Waals surface area contributed by atoms with Crippen LogP contribution >= 0.6 is 0 Å². The molecule has 0 amide bonds. The van der Waals surface area contributed by atoms with Crippen LogP contribution in [0.2, 0.25) is 0 Å². The highest BCUT2D eigenvalue weighted by molar-refractivity contribution is 6.16. The summed E-state index contributed by atoms with van der Waals surface area (Å²) in [6.45, 7) is 3.76. The minimum atomic E-state index is 0.0824. The quantitative estimate of drug-likeness (QED) is 0.626. The molecule has 1 aliphatic heterocycles. The fourth-order valence-corrected chi connectivity index (χ4v) is 5.24. The molecule has 0 radical (unpaired) electrons. The molecule has 1 saturated heterocycles. The number of nitrogens with zero attached hydrogens (tertiary/aromatic N) is 2. The minimum absolute atomic E-state index is 0.0824. The van der Waals surface area contributed by atoms with Crippen molar-refractivity contribution in [3.8, 4) is 0 Å². The molecule has 1 aliphatic carbocycles. The Bertz CT molecular complexity index is 1120. The number of likely N-dealkylation sites (tertiary alicyclic amines) is 1. The Morgan fingerprint density at radius 1 is 1.14 bits per heavy atom. The molecule has 0 saturated carbocycles. The van der Waals surface area contributed by atoms with Crippen LogP contribution in [-0.2, 0) is 13.0 Å². The summed E-state index contributed by atoms with van der Waals surface area (Å²) in [4.78, 5) is 26.8. The van der Waals surface area contributed by atoms with Crippen molar-refractivity contribution in [2.45, 2.75) is 51.6 Å². The molecule has 28 heavy (non-hydrogen) atoms. The number of benzene rings is 2. The summed E-state index contributed by atoms with van der Waals surface area (Å²) in [5, 5.41) is 2.30. The summed E-state index contributed by atoms with van der Waals surface area (Å²) in [7, 11) is 2.22. The summed E-state index contributed by atoms with van der Waals surface area (Å²) in [6.07, 6.45) is 5.08. The van der Waals surface area contributed by atoms with E-state index >= 15 is 0 Å². The summed E-state index contributed by atoms with van der Waals surface area (Å²) < 4.78 is 2.41. The largest absolute Gasteiger partial charge is 0.340 e. The number of carbonyl (C=O) groups is 2. The second kappa shape index (κ2) is 6.56. The van der Waals surface area contributed by atoms with Gasteiger partial charge in [-0.25, -0.2) is 0 Å². The number of carbonyl (C=O) groups excluding carboxylic acids is 2. The zero-order chi connectivity index (χ0) is 19.4. The smallest absolute Gasteiger partial charge is 0.163 e. The fourth-order valence-electron chi connectivity index (χ4n) is 5.24. The van der Waals surface area contributed by atoms with Gasteiger partial charge in [-0.3, -0.25) is 9.59 Å².